The molecule has 0 aliphatic carbocycles. The number of amides is 3. The van der Waals surface area contributed by atoms with E-state index in [1.165, 1.54) is 24.3 Å². The summed E-state index contributed by atoms with van der Waals surface area (Å²) in [5.74, 6) is -2.62. The van der Waals surface area contributed by atoms with Crippen LogP contribution in [0.15, 0.2) is 54.6 Å². The van der Waals surface area contributed by atoms with Crippen LogP contribution in [0.25, 0.3) is 0 Å². The first-order valence-corrected chi connectivity index (χ1v) is 12.7. The van der Waals surface area contributed by atoms with Crippen molar-refractivity contribution in [3.63, 3.8) is 0 Å². The Labute approximate surface area is 206 Å². The van der Waals surface area contributed by atoms with E-state index in [1.807, 2.05) is 30.3 Å². The number of hydrogen-bond donors (Lipinski definition) is 4. The predicted octanol–water partition coefficient (Wildman–Crippen LogP) is 3.76. The van der Waals surface area contributed by atoms with E-state index in [0.29, 0.717) is 11.3 Å². The monoisotopic (exact) mass is 506 g/mol. The van der Waals surface area contributed by atoms with Gasteiger partial charge in [-0.25, -0.2) is 22.9 Å². The van der Waals surface area contributed by atoms with Crippen LogP contribution in [-0.2, 0) is 26.0 Å². The number of thiol groups is 2. The molecule has 2 aromatic carbocycles. The second kappa shape index (κ2) is 12.6. The molecule has 0 spiro atoms. The van der Waals surface area contributed by atoms with Gasteiger partial charge in [0.25, 0.3) is 0 Å². The molecule has 0 aromatic heterocycles. The number of benzene rings is 2. The molecule has 0 saturated carbocycles. The number of carbonyl (C=O) groups is 3. The van der Waals surface area contributed by atoms with Gasteiger partial charge in [-0.3, -0.25) is 4.79 Å². The van der Waals surface area contributed by atoms with Crippen molar-refractivity contribution in [2.45, 2.75) is 50.2 Å². The molecule has 0 aliphatic heterocycles. The highest BCUT2D eigenvalue weighted by atomic mass is 32.2. The minimum absolute atomic E-state index is 0.0736. The minimum atomic E-state index is -2.59. The fourth-order valence-corrected chi connectivity index (χ4v) is 4.29. The Morgan fingerprint density at radius 1 is 1.00 bits per heavy atom. The Bertz CT molecular complexity index is 1060. The Hall–Kier alpha value is -2.85. The summed E-state index contributed by atoms with van der Waals surface area (Å²) in [5, 5.41) is 11.5. The molecule has 2 unspecified atom stereocenters. The van der Waals surface area contributed by atoms with Crippen LogP contribution in [0.5, 0.6) is 0 Å². The summed E-state index contributed by atoms with van der Waals surface area (Å²) < 4.78 is 21.8. The summed E-state index contributed by atoms with van der Waals surface area (Å²) in [6, 6.07) is 13.0. The molecule has 3 atom stereocenters. The highest BCUT2D eigenvalue weighted by molar-refractivity contribution is 7.81. The average Bonchev–Trinajstić information content (AvgIpc) is 2.78. The van der Waals surface area contributed by atoms with Crippen LogP contribution in [0.3, 0.4) is 0 Å². The fourth-order valence-electron chi connectivity index (χ4n) is 3.48. The first-order chi connectivity index (χ1) is 16.0. The first kappa shape index (κ1) is 27.4. The molecular weight excluding hydrogens is 476 g/mol. The second-order valence-electron chi connectivity index (χ2n) is 8.45. The molecule has 10 heteroatoms. The zero-order valence-electron chi connectivity index (χ0n) is 19.2. The molecule has 3 amide bonds. The highest BCUT2D eigenvalue weighted by Crippen LogP contribution is 2.27. The summed E-state index contributed by atoms with van der Waals surface area (Å²) in [5.41, 5.74) is 1.67. The van der Waals surface area contributed by atoms with E-state index in [1.54, 1.807) is 20.8 Å². The van der Waals surface area contributed by atoms with Crippen molar-refractivity contribution in [3.05, 3.63) is 65.7 Å². The third-order valence-corrected chi connectivity index (χ3v) is 6.61. The van der Waals surface area contributed by atoms with Crippen molar-refractivity contribution in [1.82, 2.24) is 4.90 Å². The van der Waals surface area contributed by atoms with Gasteiger partial charge < -0.3 is 10.4 Å². The lowest BCUT2D eigenvalue weighted by atomic mass is 9.95. The number of carboxylic acid groups (broad SMARTS) is 1. The van der Waals surface area contributed by atoms with Crippen LogP contribution in [0, 0.1) is 5.92 Å². The normalized spacial score (nSPS) is 13.8. The molecule has 2 aromatic rings. The smallest absolute Gasteiger partial charge is 0.329 e. The number of nitrogens with one attached hydrogen (secondary N) is 1. The number of imide groups is 1. The Morgan fingerprint density at radius 2 is 1.59 bits per heavy atom. The second-order valence-corrected chi connectivity index (χ2v) is 9.99. The molecule has 0 saturated heterocycles. The average molecular weight is 507 g/mol. The maximum Gasteiger partial charge on any atom is 0.329 e. The molecule has 8 nitrogen and oxygen atoms in total. The maximum absolute atomic E-state index is 13.5. The predicted molar refractivity (Wildman–Crippen MR) is 135 cm³/mol. The molecule has 0 aliphatic rings. The lowest BCUT2D eigenvalue weighted by molar-refractivity contribution is -0.148. The van der Waals surface area contributed by atoms with Gasteiger partial charge in [-0.1, -0.05) is 63.2 Å². The van der Waals surface area contributed by atoms with E-state index in [9.17, 15) is 27.9 Å². The number of rotatable bonds is 10. The molecule has 0 fully saturated rings. The van der Waals surface area contributed by atoms with E-state index in [2.05, 4.69) is 17.9 Å². The topological polar surface area (TPSA) is 121 Å². The highest BCUT2D eigenvalue weighted by Gasteiger charge is 2.39. The van der Waals surface area contributed by atoms with Gasteiger partial charge in [-0.15, -0.1) is 0 Å². The van der Waals surface area contributed by atoms with Crippen LogP contribution < -0.4 is 5.32 Å². The van der Waals surface area contributed by atoms with Gasteiger partial charge in [0.2, 0.25) is 5.91 Å². The summed E-state index contributed by atoms with van der Waals surface area (Å²) >= 11 is 4.47. The molecule has 0 bridgehead atoms. The van der Waals surface area contributed by atoms with E-state index < -0.39 is 39.9 Å². The summed E-state index contributed by atoms with van der Waals surface area (Å²) in [6.45, 7) is 5.40. The van der Waals surface area contributed by atoms with E-state index in [4.69, 9.17) is 0 Å². The standard InChI is InChI=1S/C24H30N2O6S2/c1-15(2)13-20(23(28)29)26(22(27)21(33)16(3)18-7-5-4-6-8-18)24(30)25-19-11-9-17(10-12-19)14-34(31)32/h4-12,15-16,20-21,33-34H,13-14H2,1-3H3,(H,25,30)(H,28,29)/t16?,20-,21?/m0/s1. The lowest BCUT2D eigenvalue weighted by Gasteiger charge is -2.32. The van der Waals surface area contributed by atoms with Crippen LogP contribution in [0.1, 0.15) is 44.2 Å². The van der Waals surface area contributed by atoms with E-state index >= 15 is 0 Å². The van der Waals surface area contributed by atoms with E-state index in [0.717, 1.165) is 10.5 Å². The van der Waals surface area contributed by atoms with Crippen molar-refractivity contribution in [2.24, 2.45) is 5.92 Å². The number of aliphatic carboxylic acids is 1. The number of urea groups is 1. The Morgan fingerprint density at radius 3 is 2.09 bits per heavy atom. The maximum atomic E-state index is 13.5. The van der Waals surface area contributed by atoms with Crippen molar-refractivity contribution in [3.8, 4) is 0 Å². The van der Waals surface area contributed by atoms with Crippen molar-refractivity contribution in [1.29, 1.82) is 0 Å². The molecular formula is C24H30N2O6S2. The summed E-state index contributed by atoms with van der Waals surface area (Å²) in [7, 11) is -2.59. The number of carboxylic acids is 1. The van der Waals surface area contributed by atoms with Gasteiger partial charge in [0.15, 0.2) is 0 Å². The van der Waals surface area contributed by atoms with Crippen LogP contribution in [0.4, 0.5) is 10.5 Å². The summed E-state index contributed by atoms with van der Waals surface area (Å²) in [6.07, 6.45) is 0.0736. The van der Waals surface area contributed by atoms with Crippen molar-refractivity contribution < 1.29 is 27.9 Å². The number of carbonyl (C=O) groups excluding carboxylic acids is 2. The molecule has 184 valence electrons. The van der Waals surface area contributed by atoms with Crippen LogP contribution in [0.2, 0.25) is 0 Å². The van der Waals surface area contributed by atoms with Gasteiger partial charge in [0, 0.05) is 11.6 Å². The zero-order valence-corrected chi connectivity index (χ0v) is 21.0. The zero-order chi connectivity index (χ0) is 25.4. The largest absolute Gasteiger partial charge is 0.480 e. The van der Waals surface area contributed by atoms with Gasteiger partial charge in [-0.2, -0.15) is 12.6 Å². The SMILES string of the molecule is CC(C)C[C@@H](C(=O)O)N(C(=O)Nc1ccc(C[SH](=O)=O)cc1)C(=O)C(S)C(C)c1ccccc1. The number of hydrogen-bond acceptors (Lipinski definition) is 6. The lowest BCUT2D eigenvalue weighted by Crippen LogP contribution is -2.54. The number of nitrogens with zero attached hydrogens (tertiary/aromatic N) is 1. The molecule has 0 heterocycles. The van der Waals surface area contributed by atoms with Crippen LogP contribution >= 0.6 is 12.6 Å². The minimum Gasteiger partial charge on any atom is -0.480 e. The Kier molecular flexibility index (Phi) is 10.1. The van der Waals surface area contributed by atoms with Crippen LogP contribution in [-0.4, -0.2) is 47.6 Å². The molecule has 34 heavy (non-hydrogen) atoms. The molecule has 0 radical (unpaired) electrons. The molecule has 2 N–H and O–H groups in total. The third-order valence-electron chi connectivity index (χ3n) is 5.32. The van der Waals surface area contributed by atoms with Gasteiger partial charge >= 0.3 is 12.0 Å². The van der Waals surface area contributed by atoms with E-state index in [-0.39, 0.29) is 24.0 Å². The van der Waals surface area contributed by atoms with Gasteiger partial charge in [0.1, 0.15) is 16.7 Å². The first-order valence-electron chi connectivity index (χ1n) is 10.8. The van der Waals surface area contributed by atoms with Crippen molar-refractivity contribution in [2.75, 3.05) is 5.32 Å². The molecule has 2 rings (SSSR count). The number of anilines is 1. The third kappa shape index (κ3) is 7.59. The summed E-state index contributed by atoms with van der Waals surface area (Å²) in [4.78, 5) is 39.5. The fraction of sp³-hybridized carbons (Fsp3) is 0.375. The van der Waals surface area contributed by atoms with Gasteiger partial charge in [-0.05, 0) is 35.6 Å². The Balaban J connectivity index is 2.35. The quantitative estimate of drug-likeness (QED) is 0.364. The van der Waals surface area contributed by atoms with Crippen molar-refractivity contribution >= 4 is 46.9 Å². The van der Waals surface area contributed by atoms with Gasteiger partial charge in [0.05, 0.1) is 11.0 Å².